The summed E-state index contributed by atoms with van der Waals surface area (Å²) in [4.78, 5) is 11.8. The first kappa shape index (κ1) is 17.6. The Morgan fingerprint density at radius 2 is 2.00 bits per heavy atom. The van der Waals surface area contributed by atoms with Gasteiger partial charge < -0.3 is 10.4 Å². The molecule has 25 heavy (non-hydrogen) atoms. The van der Waals surface area contributed by atoms with E-state index < -0.39 is 0 Å². The zero-order valence-corrected chi connectivity index (χ0v) is 16.3. The van der Waals surface area contributed by atoms with Crippen molar-refractivity contribution in [1.82, 2.24) is 5.32 Å². The Balaban J connectivity index is 1.64. The van der Waals surface area contributed by atoms with Crippen LogP contribution in [0.3, 0.4) is 0 Å². The SMILES string of the molecule is CC(=O)N[C@@H]1[C@H](C)C[C@@H]2[C@@H]3CC=C4C[C@@H](O)CC[C@]4(C)[C@@H]3CC[C@@]21C. The smallest absolute Gasteiger partial charge is 0.217 e. The zero-order valence-electron chi connectivity index (χ0n) is 16.3. The van der Waals surface area contributed by atoms with Gasteiger partial charge in [-0.25, -0.2) is 0 Å². The highest BCUT2D eigenvalue weighted by Crippen LogP contribution is 2.65. The second-order valence-corrected chi connectivity index (χ2v) is 10.1. The predicted molar refractivity (Wildman–Crippen MR) is 99.9 cm³/mol. The molecule has 3 heteroatoms. The third-order valence-corrected chi connectivity index (χ3v) is 8.78. The Bertz CT molecular complexity index is 599. The first-order valence-electron chi connectivity index (χ1n) is 10.4. The molecule has 3 fully saturated rings. The summed E-state index contributed by atoms with van der Waals surface area (Å²) >= 11 is 0. The monoisotopic (exact) mass is 345 g/mol. The molecule has 0 saturated heterocycles. The lowest BCUT2D eigenvalue weighted by Gasteiger charge is -2.58. The van der Waals surface area contributed by atoms with Gasteiger partial charge >= 0.3 is 0 Å². The number of carbonyl (C=O) groups is 1. The van der Waals surface area contributed by atoms with Crippen molar-refractivity contribution < 1.29 is 9.90 Å². The molecule has 0 aliphatic heterocycles. The second kappa shape index (κ2) is 5.84. The molecule has 140 valence electrons. The fourth-order valence-electron chi connectivity index (χ4n) is 7.53. The normalized spacial score (nSPS) is 51.8. The van der Waals surface area contributed by atoms with Crippen molar-refractivity contribution in [2.24, 2.45) is 34.5 Å². The highest BCUT2D eigenvalue weighted by atomic mass is 16.3. The van der Waals surface area contributed by atoms with Crippen molar-refractivity contribution in [2.45, 2.75) is 84.8 Å². The van der Waals surface area contributed by atoms with E-state index in [9.17, 15) is 9.90 Å². The molecular weight excluding hydrogens is 310 g/mol. The average molecular weight is 346 g/mol. The number of aliphatic hydroxyl groups excluding tert-OH is 1. The summed E-state index contributed by atoms with van der Waals surface area (Å²) in [7, 11) is 0. The number of hydrogen-bond acceptors (Lipinski definition) is 2. The van der Waals surface area contributed by atoms with Crippen LogP contribution in [0.5, 0.6) is 0 Å². The van der Waals surface area contributed by atoms with Gasteiger partial charge in [0.1, 0.15) is 0 Å². The van der Waals surface area contributed by atoms with Crippen LogP contribution in [0.4, 0.5) is 0 Å². The van der Waals surface area contributed by atoms with Crippen LogP contribution in [0.1, 0.15) is 72.6 Å². The molecule has 0 spiro atoms. The van der Waals surface area contributed by atoms with Crippen molar-refractivity contribution in [1.29, 1.82) is 0 Å². The van der Waals surface area contributed by atoms with Gasteiger partial charge in [0.25, 0.3) is 0 Å². The van der Waals surface area contributed by atoms with E-state index >= 15 is 0 Å². The van der Waals surface area contributed by atoms with Crippen LogP contribution < -0.4 is 5.32 Å². The fourth-order valence-corrected chi connectivity index (χ4v) is 7.53. The number of rotatable bonds is 1. The van der Waals surface area contributed by atoms with Gasteiger partial charge in [-0.05, 0) is 79.4 Å². The Morgan fingerprint density at radius 1 is 1.24 bits per heavy atom. The molecule has 4 aliphatic carbocycles. The van der Waals surface area contributed by atoms with Gasteiger partial charge in [-0.2, -0.15) is 0 Å². The van der Waals surface area contributed by atoms with Gasteiger partial charge in [0, 0.05) is 13.0 Å². The van der Waals surface area contributed by atoms with E-state index in [1.165, 1.54) is 25.7 Å². The molecule has 2 N–H and O–H groups in total. The fraction of sp³-hybridized carbons (Fsp3) is 0.864. The zero-order chi connectivity index (χ0) is 18.0. The average Bonchev–Trinajstić information content (AvgIpc) is 2.79. The maximum absolute atomic E-state index is 11.8. The molecule has 0 aromatic carbocycles. The van der Waals surface area contributed by atoms with Crippen LogP contribution in [0.15, 0.2) is 11.6 Å². The lowest BCUT2D eigenvalue weighted by molar-refractivity contribution is -0.121. The third kappa shape index (κ3) is 2.52. The first-order chi connectivity index (χ1) is 11.8. The number of nitrogens with one attached hydrogen (secondary N) is 1. The lowest BCUT2D eigenvalue weighted by Crippen LogP contribution is -2.54. The van der Waals surface area contributed by atoms with Gasteiger partial charge in [-0.15, -0.1) is 0 Å². The third-order valence-electron chi connectivity index (χ3n) is 8.78. The van der Waals surface area contributed by atoms with E-state index in [-0.39, 0.29) is 17.4 Å². The number of fused-ring (bicyclic) bond motifs is 5. The summed E-state index contributed by atoms with van der Waals surface area (Å²) in [5, 5.41) is 13.4. The van der Waals surface area contributed by atoms with Crippen molar-refractivity contribution in [2.75, 3.05) is 0 Å². The molecule has 8 atom stereocenters. The van der Waals surface area contributed by atoms with Gasteiger partial charge in [-0.3, -0.25) is 4.79 Å². The second-order valence-electron chi connectivity index (χ2n) is 10.1. The highest BCUT2D eigenvalue weighted by molar-refractivity contribution is 5.73. The minimum Gasteiger partial charge on any atom is -0.393 e. The molecule has 0 aromatic heterocycles. The van der Waals surface area contributed by atoms with Gasteiger partial charge in [0.15, 0.2) is 0 Å². The van der Waals surface area contributed by atoms with Crippen LogP contribution >= 0.6 is 0 Å². The summed E-state index contributed by atoms with van der Waals surface area (Å²) in [6.07, 6.45) is 10.3. The number of aliphatic hydroxyl groups is 1. The summed E-state index contributed by atoms with van der Waals surface area (Å²) in [6.45, 7) is 8.93. The molecule has 3 saturated carbocycles. The van der Waals surface area contributed by atoms with Crippen molar-refractivity contribution in [3.05, 3.63) is 11.6 Å². The number of carbonyl (C=O) groups excluding carboxylic acids is 1. The first-order valence-corrected chi connectivity index (χ1v) is 10.4. The molecule has 1 amide bonds. The molecular formula is C22H35NO2. The van der Waals surface area contributed by atoms with Crippen LogP contribution in [-0.2, 0) is 4.79 Å². The van der Waals surface area contributed by atoms with E-state index in [1.54, 1.807) is 12.5 Å². The summed E-state index contributed by atoms with van der Waals surface area (Å²) in [6, 6.07) is 0.335. The molecule has 3 nitrogen and oxygen atoms in total. The Kier molecular flexibility index (Phi) is 4.10. The Hall–Kier alpha value is -0.830. The van der Waals surface area contributed by atoms with Crippen molar-refractivity contribution in [3.63, 3.8) is 0 Å². The van der Waals surface area contributed by atoms with Crippen LogP contribution in [-0.4, -0.2) is 23.2 Å². The Labute approximate surface area is 152 Å². The maximum atomic E-state index is 11.8. The molecule has 4 rings (SSSR count). The Morgan fingerprint density at radius 3 is 2.72 bits per heavy atom. The number of amides is 1. The number of allylic oxidation sites excluding steroid dienone is 1. The largest absolute Gasteiger partial charge is 0.393 e. The molecule has 0 heterocycles. The summed E-state index contributed by atoms with van der Waals surface area (Å²) < 4.78 is 0. The summed E-state index contributed by atoms with van der Waals surface area (Å²) in [5.74, 6) is 2.94. The van der Waals surface area contributed by atoms with Crippen molar-refractivity contribution >= 4 is 5.91 Å². The quantitative estimate of drug-likeness (QED) is 0.704. The van der Waals surface area contributed by atoms with Crippen LogP contribution in [0.25, 0.3) is 0 Å². The number of hydrogen-bond donors (Lipinski definition) is 2. The molecule has 0 radical (unpaired) electrons. The minimum absolute atomic E-state index is 0.125. The van der Waals surface area contributed by atoms with E-state index in [0.29, 0.717) is 17.4 Å². The minimum atomic E-state index is -0.125. The highest BCUT2D eigenvalue weighted by Gasteiger charge is 2.60. The summed E-state index contributed by atoms with van der Waals surface area (Å²) in [5.41, 5.74) is 2.10. The van der Waals surface area contributed by atoms with Crippen molar-refractivity contribution in [3.8, 4) is 0 Å². The van der Waals surface area contributed by atoms with E-state index in [2.05, 4.69) is 32.2 Å². The predicted octanol–water partition coefficient (Wildman–Crippen LogP) is 4.06. The molecule has 4 aliphatic rings. The van der Waals surface area contributed by atoms with Gasteiger partial charge in [0.2, 0.25) is 5.91 Å². The van der Waals surface area contributed by atoms with E-state index in [1.807, 2.05) is 0 Å². The molecule has 0 aromatic rings. The van der Waals surface area contributed by atoms with Crippen LogP contribution in [0, 0.1) is 34.5 Å². The van der Waals surface area contributed by atoms with Gasteiger partial charge in [-0.1, -0.05) is 32.4 Å². The van der Waals surface area contributed by atoms with Gasteiger partial charge in [0.05, 0.1) is 6.10 Å². The molecule has 0 unspecified atom stereocenters. The molecule has 0 bridgehead atoms. The van der Waals surface area contributed by atoms with E-state index in [0.717, 1.165) is 37.0 Å². The van der Waals surface area contributed by atoms with E-state index in [4.69, 9.17) is 0 Å². The van der Waals surface area contributed by atoms with Crippen LogP contribution in [0.2, 0.25) is 0 Å². The lowest BCUT2D eigenvalue weighted by atomic mass is 9.48. The topological polar surface area (TPSA) is 49.3 Å². The standard InChI is InChI=1S/C22H35NO2/c1-13-11-19-17-6-5-15-12-16(25)7-9-21(15,3)18(17)8-10-22(19,4)20(13)23-14(2)24/h5,13,16-20,25H,6-12H2,1-4H3,(H,23,24)/t13-,16+,17-,18-,19-,20-,21+,22+/m1/s1. The maximum Gasteiger partial charge on any atom is 0.217 e.